The van der Waals surface area contributed by atoms with Crippen molar-refractivity contribution in [2.24, 2.45) is 25.6 Å². The molecule has 12 nitrogen and oxygen atoms in total. The first-order valence-corrected chi connectivity index (χ1v) is 19.5. The van der Waals surface area contributed by atoms with Crippen molar-refractivity contribution in [2.45, 2.75) is 89.1 Å². The van der Waals surface area contributed by atoms with Gasteiger partial charge in [0.1, 0.15) is 13.2 Å². The number of aromatic nitrogens is 2. The van der Waals surface area contributed by atoms with Crippen LogP contribution in [-0.2, 0) is 58.8 Å². The van der Waals surface area contributed by atoms with Gasteiger partial charge in [0.25, 0.3) is 0 Å². The number of hydrogen-bond acceptors (Lipinski definition) is 10. The van der Waals surface area contributed by atoms with Crippen LogP contribution in [0.1, 0.15) is 107 Å². The number of ketones is 2. The van der Waals surface area contributed by atoms with E-state index in [4.69, 9.17) is 31.5 Å². The van der Waals surface area contributed by atoms with Crippen molar-refractivity contribution in [2.75, 3.05) is 13.2 Å². The van der Waals surface area contributed by atoms with Crippen LogP contribution in [0, 0.1) is 22.7 Å². The third-order valence-electron chi connectivity index (χ3n) is 10.3. The monoisotopic (exact) mass is 786 g/mol. The number of benzene rings is 2. The van der Waals surface area contributed by atoms with Crippen molar-refractivity contribution in [1.82, 2.24) is 9.13 Å². The number of carbonyl (C=O) groups is 4. The van der Waals surface area contributed by atoms with Crippen molar-refractivity contribution in [3.8, 4) is 12.1 Å². The van der Waals surface area contributed by atoms with E-state index in [0.29, 0.717) is 73.9 Å². The van der Waals surface area contributed by atoms with E-state index in [2.05, 4.69) is 12.1 Å². The van der Waals surface area contributed by atoms with E-state index in [1.54, 1.807) is 38.1 Å². The van der Waals surface area contributed by atoms with Crippen LogP contribution < -0.4 is 11.5 Å². The molecule has 0 amide bonds. The Morgan fingerprint density at radius 2 is 0.966 bits per heavy atom. The van der Waals surface area contributed by atoms with Gasteiger partial charge in [-0.15, -0.1) is 0 Å². The number of esters is 2. The molecule has 0 aliphatic heterocycles. The zero-order chi connectivity index (χ0) is 42.3. The molecule has 2 aromatic carbocycles. The first kappa shape index (κ1) is 44.6. The Hall–Kier alpha value is -6.08. The van der Waals surface area contributed by atoms with E-state index in [1.165, 1.54) is 0 Å². The van der Waals surface area contributed by atoms with Gasteiger partial charge in [-0.25, -0.2) is 9.59 Å². The topological polar surface area (TPSA) is 196 Å². The summed E-state index contributed by atoms with van der Waals surface area (Å²) in [5.74, 6) is -1.37. The number of nitriles is 2. The van der Waals surface area contributed by atoms with Crippen molar-refractivity contribution >= 4 is 23.5 Å². The second-order valence-electron chi connectivity index (χ2n) is 15.6. The minimum Gasteiger partial charge on any atom is -0.461 e. The zero-order valence-corrected chi connectivity index (χ0v) is 34.0. The van der Waals surface area contributed by atoms with Gasteiger partial charge < -0.3 is 30.1 Å². The molecule has 4 N–H and O–H groups in total. The lowest BCUT2D eigenvalue weighted by molar-refractivity contribution is -0.142. The highest BCUT2D eigenvalue weighted by atomic mass is 16.5. The molecule has 2 aromatic heterocycles. The zero-order valence-electron chi connectivity index (χ0n) is 34.0. The van der Waals surface area contributed by atoms with E-state index in [1.807, 2.05) is 71.8 Å². The molecule has 0 fully saturated rings. The molecule has 58 heavy (non-hydrogen) atoms. The van der Waals surface area contributed by atoms with Crippen LogP contribution in [0.4, 0.5) is 0 Å². The predicted molar refractivity (Wildman–Crippen MR) is 221 cm³/mol. The standard InChI is InChI=1S/C46H54N6O6/c1-45(49,27-25-37-19-21-39(51(37)3)41(53)9-5-7-33-11-15-35(29-47)16-12-33)31-57-43(55)23-24-44(56)58-32-46(2,50)28-26-38-20-22-40(52(38)4)42(54)10-6-8-34-13-17-36(30-48)18-14-34/h11-24H,5-10,25-28,31-32,49-50H2,1-4H3/b24-23+/t45-,46-/m1/s1. The fourth-order valence-electron chi connectivity index (χ4n) is 6.50. The summed E-state index contributed by atoms with van der Waals surface area (Å²) in [6, 6.07) is 26.4. The maximum absolute atomic E-state index is 12.9. The highest BCUT2D eigenvalue weighted by Crippen LogP contribution is 2.19. The molecule has 2 atom stereocenters. The van der Waals surface area contributed by atoms with E-state index in [9.17, 15) is 19.2 Å². The summed E-state index contributed by atoms with van der Waals surface area (Å²) in [7, 11) is 3.70. The molecule has 0 radical (unpaired) electrons. The third kappa shape index (κ3) is 13.8. The second-order valence-corrected chi connectivity index (χ2v) is 15.6. The molecular formula is C46H54N6O6. The largest absolute Gasteiger partial charge is 0.461 e. The highest BCUT2D eigenvalue weighted by molar-refractivity contribution is 5.95. The quantitative estimate of drug-likeness (QED) is 0.0529. The summed E-state index contributed by atoms with van der Waals surface area (Å²) in [6.07, 6.45) is 7.76. The van der Waals surface area contributed by atoms with Crippen molar-refractivity contribution in [1.29, 1.82) is 10.5 Å². The Kier molecular flexibility index (Phi) is 16.1. The third-order valence-corrected chi connectivity index (χ3v) is 10.3. The maximum atomic E-state index is 12.9. The summed E-state index contributed by atoms with van der Waals surface area (Å²) in [5.41, 5.74) is 17.6. The fraction of sp³-hybridized carbons (Fsp3) is 0.391. The molecule has 0 aliphatic rings. The summed E-state index contributed by atoms with van der Waals surface area (Å²) in [5, 5.41) is 17.9. The average Bonchev–Trinajstić information content (AvgIpc) is 3.78. The van der Waals surface area contributed by atoms with Gasteiger partial charge in [0, 0.05) is 61.6 Å². The SMILES string of the molecule is Cn1c(CC[C@@](C)(N)COC(=O)/C=C/C(=O)OC[C@](C)(N)CCc2ccc(C(=O)CCCc3ccc(C#N)cc3)n2C)ccc1C(=O)CCCc1ccc(C#N)cc1. The molecular weight excluding hydrogens is 733 g/mol. The number of nitrogens with two attached hydrogens (primary N) is 2. The first-order chi connectivity index (χ1) is 27.6. The second kappa shape index (κ2) is 20.9. The van der Waals surface area contributed by atoms with E-state index < -0.39 is 23.0 Å². The van der Waals surface area contributed by atoms with E-state index in [0.717, 1.165) is 47.5 Å². The molecule has 0 spiro atoms. The van der Waals surface area contributed by atoms with Crippen LogP contribution >= 0.6 is 0 Å². The van der Waals surface area contributed by atoms with Crippen LogP contribution in [0.2, 0.25) is 0 Å². The molecule has 0 saturated carbocycles. The Balaban J connectivity index is 1.13. The van der Waals surface area contributed by atoms with E-state index in [-0.39, 0.29) is 24.8 Å². The number of aryl methyl sites for hydroxylation is 4. The smallest absolute Gasteiger partial charge is 0.331 e. The van der Waals surface area contributed by atoms with Gasteiger partial charge in [0.2, 0.25) is 0 Å². The normalized spacial score (nSPS) is 13.2. The van der Waals surface area contributed by atoms with Crippen LogP contribution in [0.5, 0.6) is 0 Å². The lowest BCUT2D eigenvalue weighted by Gasteiger charge is -2.24. The highest BCUT2D eigenvalue weighted by Gasteiger charge is 2.24. The summed E-state index contributed by atoms with van der Waals surface area (Å²) in [4.78, 5) is 50.7. The summed E-state index contributed by atoms with van der Waals surface area (Å²) < 4.78 is 14.4. The molecule has 4 rings (SSSR count). The predicted octanol–water partition coefficient (Wildman–Crippen LogP) is 6.16. The Labute approximate surface area is 341 Å². The van der Waals surface area contributed by atoms with Gasteiger partial charge >= 0.3 is 11.9 Å². The number of carbonyl (C=O) groups excluding carboxylic acids is 4. The minimum atomic E-state index is -0.861. The van der Waals surface area contributed by atoms with Gasteiger partial charge in [-0.05, 0) is 125 Å². The first-order valence-electron chi connectivity index (χ1n) is 19.5. The molecule has 0 bridgehead atoms. The van der Waals surface area contributed by atoms with Crippen LogP contribution in [0.3, 0.4) is 0 Å². The van der Waals surface area contributed by atoms with Gasteiger partial charge in [0.15, 0.2) is 11.6 Å². The number of nitrogens with zero attached hydrogens (tertiary/aromatic N) is 4. The summed E-state index contributed by atoms with van der Waals surface area (Å²) >= 11 is 0. The number of Topliss-reactive ketones (excluding diaryl/α,β-unsaturated/α-hetero) is 2. The molecule has 2 heterocycles. The lowest BCUT2D eigenvalue weighted by Crippen LogP contribution is -2.42. The number of ether oxygens (including phenoxy) is 2. The maximum Gasteiger partial charge on any atom is 0.331 e. The van der Waals surface area contributed by atoms with Crippen molar-refractivity contribution in [3.63, 3.8) is 0 Å². The molecule has 4 aromatic rings. The summed E-state index contributed by atoms with van der Waals surface area (Å²) in [6.45, 7) is 3.38. The Morgan fingerprint density at radius 3 is 1.31 bits per heavy atom. The fourth-order valence-corrected chi connectivity index (χ4v) is 6.50. The van der Waals surface area contributed by atoms with Gasteiger partial charge in [0.05, 0.1) is 34.7 Å². The van der Waals surface area contributed by atoms with Gasteiger partial charge in [-0.1, -0.05) is 24.3 Å². The number of hydrogen-bond donors (Lipinski definition) is 2. The van der Waals surface area contributed by atoms with Crippen molar-refractivity contribution < 1.29 is 28.7 Å². The minimum absolute atomic E-state index is 0.0495. The molecule has 12 heteroatoms. The van der Waals surface area contributed by atoms with Crippen LogP contribution in [-0.4, -0.2) is 56.9 Å². The van der Waals surface area contributed by atoms with E-state index >= 15 is 0 Å². The average molecular weight is 787 g/mol. The van der Waals surface area contributed by atoms with Gasteiger partial charge in [-0.3, -0.25) is 9.59 Å². The molecule has 0 saturated heterocycles. The number of rotatable bonds is 22. The van der Waals surface area contributed by atoms with Crippen LogP contribution in [0.25, 0.3) is 0 Å². The lowest BCUT2D eigenvalue weighted by atomic mass is 9.97. The molecule has 0 unspecified atom stereocenters. The Morgan fingerprint density at radius 1 is 0.603 bits per heavy atom. The van der Waals surface area contributed by atoms with Crippen LogP contribution in [0.15, 0.2) is 84.9 Å². The van der Waals surface area contributed by atoms with Gasteiger partial charge in [-0.2, -0.15) is 10.5 Å². The Bertz CT molecular complexity index is 2010. The molecule has 0 aliphatic carbocycles. The molecule has 304 valence electrons. The van der Waals surface area contributed by atoms with Crippen molar-refractivity contribution in [3.05, 3.63) is 130 Å².